The summed E-state index contributed by atoms with van der Waals surface area (Å²) in [5, 5.41) is 20.9. The van der Waals surface area contributed by atoms with E-state index in [1.807, 2.05) is 23.0 Å². The van der Waals surface area contributed by atoms with Crippen LogP contribution in [0.3, 0.4) is 0 Å². The molecule has 2 aromatic heterocycles. The monoisotopic (exact) mass is 328 g/mol. The lowest BCUT2D eigenvalue weighted by molar-refractivity contribution is 0.0957. The van der Waals surface area contributed by atoms with Crippen molar-refractivity contribution in [1.29, 1.82) is 5.26 Å². The number of carbonyl (C=O) groups excluding carboxylic acids is 1. The van der Waals surface area contributed by atoms with Crippen LogP contribution in [-0.2, 0) is 6.54 Å². The number of hydrogen-bond donors (Lipinski definition) is 0. The van der Waals surface area contributed by atoms with Gasteiger partial charge in [0.25, 0.3) is 0 Å². The van der Waals surface area contributed by atoms with Crippen LogP contribution < -0.4 is 0 Å². The summed E-state index contributed by atoms with van der Waals surface area (Å²) in [5.41, 5.74) is 1.65. The molecule has 0 radical (unpaired) electrons. The number of nitrogens with zero attached hydrogens (tertiary/aromatic N) is 4. The van der Waals surface area contributed by atoms with E-state index in [0.29, 0.717) is 12.3 Å². The molecule has 23 heavy (non-hydrogen) atoms. The molecule has 0 saturated heterocycles. The standard InChI is InChI=1S/C17H20N4OS/c18-7-8-21-11-16(19-20-21)15(13-4-2-1-3-5-13)10-17(22)14-6-9-23-12-14/h6,9,11-13,15H,1-5,8,10H2/t15-/m0/s1. The molecule has 1 aliphatic carbocycles. The average Bonchev–Trinajstić information content (AvgIpc) is 3.25. The molecule has 1 fully saturated rings. The molecule has 1 atom stereocenters. The number of Topliss-reactive ketones (excluding diaryl/α,β-unsaturated/α-hetero) is 1. The fourth-order valence-electron chi connectivity index (χ4n) is 3.42. The van der Waals surface area contributed by atoms with Crippen LogP contribution in [0.25, 0.3) is 0 Å². The molecule has 0 amide bonds. The summed E-state index contributed by atoms with van der Waals surface area (Å²) < 4.78 is 1.56. The van der Waals surface area contributed by atoms with Crippen molar-refractivity contribution in [3.63, 3.8) is 0 Å². The topological polar surface area (TPSA) is 71.6 Å². The summed E-state index contributed by atoms with van der Waals surface area (Å²) in [7, 11) is 0. The van der Waals surface area contributed by atoms with Crippen LogP contribution in [-0.4, -0.2) is 20.8 Å². The third-order valence-electron chi connectivity index (χ3n) is 4.64. The summed E-state index contributed by atoms with van der Waals surface area (Å²) in [6.45, 7) is 0.197. The number of thiophene rings is 1. The molecule has 120 valence electrons. The molecule has 1 aliphatic rings. The van der Waals surface area contributed by atoms with Gasteiger partial charge in [-0.1, -0.05) is 24.5 Å². The van der Waals surface area contributed by atoms with E-state index >= 15 is 0 Å². The number of ketones is 1. The summed E-state index contributed by atoms with van der Waals surface area (Å²) in [4.78, 5) is 12.6. The summed E-state index contributed by atoms with van der Waals surface area (Å²) >= 11 is 1.55. The third-order valence-corrected chi connectivity index (χ3v) is 5.32. The zero-order valence-electron chi connectivity index (χ0n) is 13.0. The van der Waals surface area contributed by atoms with Crippen LogP contribution in [0.2, 0.25) is 0 Å². The summed E-state index contributed by atoms with van der Waals surface area (Å²) in [6, 6.07) is 3.96. The Balaban J connectivity index is 1.80. The third kappa shape index (κ3) is 3.85. The lowest BCUT2D eigenvalue weighted by Crippen LogP contribution is -2.20. The van der Waals surface area contributed by atoms with Crippen molar-refractivity contribution in [2.45, 2.75) is 51.0 Å². The lowest BCUT2D eigenvalue weighted by Gasteiger charge is -2.28. The van der Waals surface area contributed by atoms with Gasteiger partial charge in [0.05, 0.1) is 11.8 Å². The van der Waals surface area contributed by atoms with Crippen molar-refractivity contribution in [3.05, 3.63) is 34.3 Å². The minimum atomic E-state index is 0.107. The molecule has 2 aromatic rings. The fraction of sp³-hybridized carbons (Fsp3) is 0.529. The van der Waals surface area contributed by atoms with Crippen LogP contribution in [0.4, 0.5) is 0 Å². The second-order valence-electron chi connectivity index (χ2n) is 6.14. The highest BCUT2D eigenvalue weighted by Crippen LogP contribution is 2.38. The molecule has 0 unspecified atom stereocenters. The largest absolute Gasteiger partial charge is 0.294 e. The van der Waals surface area contributed by atoms with Gasteiger partial charge in [-0.3, -0.25) is 4.79 Å². The van der Waals surface area contributed by atoms with Crippen LogP contribution >= 0.6 is 11.3 Å². The second kappa shape index (κ2) is 7.51. The SMILES string of the molecule is N#CCn1cc([C@@H](CC(=O)c2ccsc2)C2CCCCC2)nn1. The van der Waals surface area contributed by atoms with Crippen LogP contribution in [0.1, 0.15) is 60.5 Å². The normalized spacial score (nSPS) is 16.8. The van der Waals surface area contributed by atoms with Gasteiger partial charge in [-0.2, -0.15) is 16.6 Å². The fourth-order valence-corrected chi connectivity index (χ4v) is 4.08. The smallest absolute Gasteiger partial charge is 0.164 e. The maximum absolute atomic E-state index is 12.6. The Morgan fingerprint density at radius 1 is 1.43 bits per heavy atom. The van der Waals surface area contributed by atoms with Crippen molar-refractivity contribution in [1.82, 2.24) is 15.0 Å². The Hall–Kier alpha value is -2.00. The lowest BCUT2D eigenvalue weighted by atomic mass is 9.76. The second-order valence-corrected chi connectivity index (χ2v) is 6.92. The molecule has 6 heteroatoms. The highest BCUT2D eigenvalue weighted by Gasteiger charge is 2.29. The first kappa shape index (κ1) is 15.9. The average molecular weight is 328 g/mol. The van der Waals surface area contributed by atoms with Gasteiger partial charge in [0, 0.05) is 29.5 Å². The van der Waals surface area contributed by atoms with Crippen LogP contribution in [0.5, 0.6) is 0 Å². The highest BCUT2D eigenvalue weighted by atomic mass is 32.1. The molecule has 0 spiro atoms. The maximum atomic E-state index is 12.6. The van der Waals surface area contributed by atoms with Crippen LogP contribution in [0, 0.1) is 17.2 Å². The zero-order chi connectivity index (χ0) is 16.1. The van der Waals surface area contributed by atoms with E-state index in [1.165, 1.54) is 19.3 Å². The van der Waals surface area contributed by atoms with Gasteiger partial charge in [-0.15, -0.1) is 5.10 Å². The van der Waals surface area contributed by atoms with E-state index in [0.717, 1.165) is 24.1 Å². The van der Waals surface area contributed by atoms with Crippen molar-refractivity contribution in [2.24, 2.45) is 5.92 Å². The molecule has 1 saturated carbocycles. The minimum absolute atomic E-state index is 0.107. The minimum Gasteiger partial charge on any atom is -0.294 e. The van der Waals surface area contributed by atoms with Gasteiger partial charge < -0.3 is 0 Å². The Morgan fingerprint density at radius 3 is 2.96 bits per heavy atom. The first-order valence-electron chi connectivity index (χ1n) is 8.10. The van der Waals surface area contributed by atoms with E-state index in [1.54, 1.807) is 16.0 Å². The molecule has 0 N–H and O–H groups in total. The molecule has 0 aliphatic heterocycles. The first-order chi connectivity index (χ1) is 11.3. The Kier molecular flexibility index (Phi) is 5.19. The van der Waals surface area contributed by atoms with Crippen molar-refractivity contribution < 1.29 is 4.79 Å². The Bertz CT molecular complexity index is 680. The first-order valence-corrected chi connectivity index (χ1v) is 9.04. The molecular formula is C17H20N4OS. The predicted octanol–water partition coefficient (Wildman–Crippen LogP) is 3.80. The van der Waals surface area contributed by atoms with Gasteiger partial charge in [-0.05, 0) is 30.2 Å². The number of carbonyl (C=O) groups is 1. The highest BCUT2D eigenvalue weighted by molar-refractivity contribution is 7.08. The Labute approximate surface area is 139 Å². The predicted molar refractivity (Wildman–Crippen MR) is 88.2 cm³/mol. The zero-order valence-corrected chi connectivity index (χ0v) is 13.8. The van der Waals surface area contributed by atoms with E-state index in [-0.39, 0.29) is 18.2 Å². The van der Waals surface area contributed by atoms with Crippen molar-refractivity contribution in [2.75, 3.05) is 0 Å². The number of rotatable bonds is 6. The van der Waals surface area contributed by atoms with Gasteiger partial charge in [0.2, 0.25) is 0 Å². The van der Waals surface area contributed by atoms with Gasteiger partial charge in [0.15, 0.2) is 5.78 Å². The molecule has 5 nitrogen and oxygen atoms in total. The van der Waals surface area contributed by atoms with Gasteiger partial charge in [-0.25, -0.2) is 4.68 Å². The molecule has 0 bridgehead atoms. The number of hydrogen-bond acceptors (Lipinski definition) is 5. The number of aromatic nitrogens is 3. The van der Waals surface area contributed by atoms with E-state index in [2.05, 4.69) is 16.4 Å². The molecule has 2 heterocycles. The maximum Gasteiger partial charge on any atom is 0.164 e. The molecule has 3 rings (SSSR count). The molecular weight excluding hydrogens is 308 g/mol. The quantitative estimate of drug-likeness (QED) is 0.756. The summed E-state index contributed by atoms with van der Waals surface area (Å²) in [5.74, 6) is 0.769. The van der Waals surface area contributed by atoms with E-state index in [4.69, 9.17) is 5.26 Å². The van der Waals surface area contributed by atoms with E-state index < -0.39 is 0 Å². The Morgan fingerprint density at radius 2 is 2.26 bits per heavy atom. The van der Waals surface area contributed by atoms with Crippen molar-refractivity contribution in [3.8, 4) is 6.07 Å². The van der Waals surface area contributed by atoms with Crippen molar-refractivity contribution >= 4 is 17.1 Å². The molecule has 0 aromatic carbocycles. The van der Waals surface area contributed by atoms with E-state index in [9.17, 15) is 4.79 Å². The summed E-state index contributed by atoms with van der Waals surface area (Å²) in [6.07, 6.45) is 8.33. The van der Waals surface area contributed by atoms with Crippen LogP contribution in [0.15, 0.2) is 23.0 Å². The number of nitriles is 1. The van der Waals surface area contributed by atoms with Gasteiger partial charge >= 0.3 is 0 Å². The van der Waals surface area contributed by atoms with Gasteiger partial charge in [0.1, 0.15) is 6.54 Å².